The number of alkyl halides is 3. The monoisotopic (exact) mass is 575 g/mol. The van der Waals surface area contributed by atoms with Gasteiger partial charge in [-0.3, -0.25) is 9.36 Å². The van der Waals surface area contributed by atoms with Gasteiger partial charge in [-0.15, -0.1) is 11.3 Å². The maximum absolute atomic E-state index is 13.5. The van der Waals surface area contributed by atoms with Crippen LogP contribution in [0.2, 0.25) is 5.02 Å². The van der Waals surface area contributed by atoms with Crippen LogP contribution in [-0.4, -0.2) is 50.8 Å². The van der Waals surface area contributed by atoms with Crippen LogP contribution in [-0.2, 0) is 17.5 Å². The second-order valence-electron chi connectivity index (χ2n) is 9.54. The number of thiazole rings is 1. The molecule has 2 aromatic carbocycles. The fraction of sp³-hybridized carbons (Fsp3) is 0.308. The summed E-state index contributed by atoms with van der Waals surface area (Å²) in [6, 6.07) is 10.2. The Hall–Kier alpha value is -3.64. The van der Waals surface area contributed by atoms with Crippen LogP contribution in [0.25, 0.3) is 21.5 Å². The number of anilines is 1. The quantitative estimate of drug-likeness (QED) is 0.331. The van der Waals surface area contributed by atoms with Crippen LogP contribution in [0.15, 0.2) is 52.9 Å². The molecule has 0 bridgehead atoms. The van der Waals surface area contributed by atoms with E-state index in [1.165, 1.54) is 10.9 Å². The summed E-state index contributed by atoms with van der Waals surface area (Å²) in [5.41, 5.74) is 0.851. The Balaban J connectivity index is 1.39. The van der Waals surface area contributed by atoms with E-state index in [9.17, 15) is 22.8 Å². The largest absolute Gasteiger partial charge is 0.447 e. The molecule has 0 spiro atoms. The molecule has 8 nitrogen and oxygen atoms in total. The predicted molar refractivity (Wildman–Crippen MR) is 141 cm³/mol. The number of cyclic esters (lactones) is 1. The summed E-state index contributed by atoms with van der Waals surface area (Å²) in [5.74, 6) is 0. The van der Waals surface area contributed by atoms with E-state index in [4.69, 9.17) is 16.3 Å². The number of benzene rings is 2. The summed E-state index contributed by atoms with van der Waals surface area (Å²) in [5, 5.41) is 5.46. The van der Waals surface area contributed by atoms with Gasteiger partial charge in [0.2, 0.25) is 0 Å². The maximum atomic E-state index is 13.5. The summed E-state index contributed by atoms with van der Waals surface area (Å²) < 4.78 is 46.6. The Morgan fingerprint density at radius 1 is 1.18 bits per heavy atom. The number of hydrogen-bond donors (Lipinski definition) is 1. The minimum absolute atomic E-state index is 0.0809. The minimum Gasteiger partial charge on any atom is -0.447 e. The van der Waals surface area contributed by atoms with Crippen LogP contribution in [0.4, 0.5) is 23.7 Å². The number of carbonyl (C=O) groups excluding carboxylic acids is 1. The lowest BCUT2D eigenvalue weighted by molar-refractivity contribution is -0.140. The summed E-state index contributed by atoms with van der Waals surface area (Å²) in [6.07, 6.45) is -2.27. The number of aromatic nitrogens is 3. The van der Waals surface area contributed by atoms with Crippen LogP contribution in [0.1, 0.15) is 24.1 Å². The molecule has 2 aliphatic rings. The van der Waals surface area contributed by atoms with Gasteiger partial charge in [-0.25, -0.2) is 14.8 Å². The lowest BCUT2D eigenvalue weighted by Gasteiger charge is -2.33. The van der Waals surface area contributed by atoms with Gasteiger partial charge >= 0.3 is 12.3 Å². The van der Waals surface area contributed by atoms with E-state index in [0.717, 1.165) is 22.3 Å². The van der Waals surface area contributed by atoms with E-state index < -0.39 is 11.9 Å². The number of piperidine rings is 1. The Labute approximate surface area is 229 Å². The topological polar surface area (TPSA) is 89.3 Å². The van der Waals surface area contributed by atoms with Crippen molar-refractivity contribution in [3.05, 3.63) is 74.7 Å². The molecule has 4 heterocycles. The highest BCUT2D eigenvalue weighted by molar-refractivity contribution is 7.13. The molecule has 4 aromatic rings. The van der Waals surface area contributed by atoms with Crippen molar-refractivity contribution in [1.29, 1.82) is 0 Å². The first-order valence-corrected chi connectivity index (χ1v) is 13.4. The Morgan fingerprint density at radius 2 is 1.97 bits per heavy atom. The van der Waals surface area contributed by atoms with Crippen molar-refractivity contribution in [1.82, 2.24) is 19.4 Å². The highest BCUT2D eigenvalue weighted by Gasteiger charge is 2.38. The molecule has 2 aliphatic heterocycles. The van der Waals surface area contributed by atoms with Crippen LogP contribution in [0.3, 0.4) is 0 Å². The lowest BCUT2D eigenvalue weighted by atomic mass is 9.97. The van der Waals surface area contributed by atoms with Crippen LogP contribution in [0, 0.1) is 0 Å². The second-order valence-corrected chi connectivity index (χ2v) is 10.8. The number of amides is 1. The van der Waals surface area contributed by atoms with Crippen LogP contribution < -0.4 is 10.9 Å². The SMILES string of the molecule is O=C1OC[C@@H]2C[C@@H](Nc3cc4c(=O)n(Cc5ccc(Cl)cc5)cnc4cc3-c3nc(C(F)(F)F)cs3)CCN12. The van der Waals surface area contributed by atoms with Gasteiger partial charge in [0.1, 0.15) is 11.6 Å². The molecule has 6 rings (SSSR count). The number of nitrogens with one attached hydrogen (secondary N) is 1. The standard InChI is InChI=1S/C26H21ClF3N5O3S/c27-15-3-1-14(2-4-15)10-34-13-31-20-8-18(23-33-22(12-39-23)26(28,29)30)21(9-19(20)24(34)36)32-16-5-6-35-17(7-16)11-38-25(35)37/h1-4,8-9,12-13,16-17,32H,5-7,10-11H2/t16-,17-/m0/s1. The van der Waals surface area contributed by atoms with E-state index in [0.29, 0.717) is 53.2 Å². The molecule has 0 saturated carbocycles. The highest BCUT2D eigenvalue weighted by atomic mass is 35.5. The van der Waals surface area contributed by atoms with Gasteiger partial charge in [0.05, 0.1) is 29.8 Å². The summed E-state index contributed by atoms with van der Waals surface area (Å²) in [7, 11) is 0. The molecule has 39 heavy (non-hydrogen) atoms. The molecule has 2 aromatic heterocycles. The van der Waals surface area contributed by atoms with Crippen molar-refractivity contribution < 1.29 is 22.7 Å². The fourth-order valence-electron chi connectivity index (χ4n) is 4.98. The van der Waals surface area contributed by atoms with Gasteiger partial charge in [-0.2, -0.15) is 13.2 Å². The average molecular weight is 576 g/mol. The predicted octanol–water partition coefficient (Wildman–Crippen LogP) is 5.64. The van der Waals surface area contributed by atoms with E-state index in [-0.39, 0.29) is 35.3 Å². The molecule has 0 unspecified atom stereocenters. The van der Waals surface area contributed by atoms with E-state index in [1.807, 2.05) is 12.1 Å². The first-order chi connectivity index (χ1) is 18.7. The molecule has 2 saturated heterocycles. The molecular formula is C26H21ClF3N5O3S. The second kappa shape index (κ2) is 9.83. The van der Waals surface area contributed by atoms with Crippen LogP contribution in [0.5, 0.6) is 0 Å². The number of rotatable bonds is 5. The van der Waals surface area contributed by atoms with E-state index in [2.05, 4.69) is 15.3 Å². The number of carbonyl (C=O) groups is 1. The molecule has 202 valence electrons. The Bertz CT molecular complexity index is 1620. The Morgan fingerprint density at radius 3 is 2.72 bits per heavy atom. The van der Waals surface area contributed by atoms with Crippen molar-refractivity contribution in [3.63, 3.8) is 0 Å². The highest BCUT2D eigenvalue weighted by Crippen LogP contribution is 2.38. The molecule has 1 N–H and O–H groups in total. The van der Waals surface area contributed by atoms with Gasteiger partial charge in [0.15, 0.2) is 5.69 Å². The van der Waals surface area contributed by atoms with Gasteiger partial charge in [0.25, 0.3) is 5.56 Å². The van der Waals surface area contributed by atoms with Crippen molar-refractivity contribution in [2.75, 3.05) is 18.5 Å². The first-order valence-electron chi connectivity index (χ1n) is 12.2. The zero-order valence-corrected chi connectivity index (χ0v) is 21.8. The molecule has 2 fully saturated rings. The number of halogens is 4. The third-order valence-corrected chi connectivity index (χ3v) is 8.09. The maximum Gasteiger partial charge on any atom is 0.434 e. The molecule has 0 aliphatic carbocycles. The fourth-order valence-corrected chi connectivity index (χ4v) is 5.96. The first kappa shape index (κ1) is 25.6. The van der Waals surface area contributed by atoms with Gasteiger partial charge < -0.3 is 15.0 Å². The van der Waals surface area contributed by atoms with Crippen molar-refractivity contribution in [2.24, 2.45) is 0 Å². The minimum atomic E-state index is -4.57. The van der Waals surface area contributed by atoms with Crippen molar-refractivity contribution >= 4 is 45.6 Å². The zero-order chi connectivity index (χ0) is 27.3. The number of nitrogens with zero attached hydrogens (tertiary/aromatic N) is 4. The molecule has 2 atom stereocenters. The van der Waals surface area contributed by atoms with Crippen molar-refractivity contribution in [3.8, 4) is 10.6 Å². The molecule has 1 amide bonds. The number of hydrogen-bond acceptors (Lipinski definition) is 7. The van der Waals surface area contributed by atoms with Gasteiger partial charge in [-0.05, 0) is 42.7 Å². The lowest BCUT2D eigenvalue weighted by Crippen LogP contribution is -2.45. The average Bonchev–Trinajstić information content (AvgIpc) is 3.54. The number of fused-ring (bicyclic) bond motifs is 2. The van der Waals surface area contributed by atoms with Gasteiger partial charge in [-0.1, -0.05) is 23.7 Å². The molecule has 0 radical (unpaired) electrons. The smallest absolute Gasteiger partial charge is 0.434 e. The van der Waals surface area contributed by atoms with Crippen molar-refractivity contribution in [2.45, 2.75) is 37.6 Å². The molecular weight excluding hydrogens is 555 g/mol. The Kier molecular flexibility index (Phi) is 6.46. The summed E-state index contributed by atoms with van der Waals surface area (Å²) >= 11 is 6.84. The van der Waals surface area contributed by atoms with Gasteiger partial charge in [0, 0.05) is 34.2 Å². The number of ether oxygens (including phenoxy) is 1. The van der Waals surface area contributed by atoms with E-state index in [1.54, 1.807) is 29.2 Å². The third-order valence-electron chi connectivity index (χ3n) is 6.96. The summed E-state index contributed by atoms with van der Waals surface area (Å²) in [4.78, 5) is 35.3. The third kappa shape index (κ3) is 5.06. The van der Waals surface area contributed by atoms with E-state index >= 15 is 0 Å². The molecule has 13 heteroatoms. The summed E-state index contributed by atoms with van der Waals surface area (Å²) in [6.45, 7) is 1.07. The zero-order valence-electron chi connectivity index (χ0n) is 20.2. The normalized spacial score (nSPS) is 19.3. The van der Waals surface area contributed by atoms with Crippen LogP contribution >= 0.6 is 22.9 Å².